The molecule has 1 heterocycles. The number of nitro benzene ring substituents is 1. The number of nitro groups is 1. The Morgan fingerprint density at radius 2 is 1.90 bits per heavy atom. The van der Waals surface area contributed by atoms with Crippen LogP contribution in [0.4, 0.5) is 5.69 Å². The van der Waals surface area contributed by atoms with Crippen molar-refractivity contribution in [3.05, 3.63) is 39.9 Å². The fourth-order valence-electron chi connectivity index (χ4n) is 2.52. The van der Waals surface area contributed by atoms with Crippen LogP contribution in [0.1, 0.15) is 18.4 Å². The zero-order valence-electron chi connectivity index (χ0n) is 11.7. The second kappa shape index (κ2) is 8.19. The summed E-state index contributed by atoms with van der Waals surface area (Å²) in [6.07, 6.45) is 3.37. The van der Waals surface area contributed by atoms with Crippen molar-refractivity contribution in [3.8, 4) is 0 Å². The third-order valence-corrected chi connectivity index (χ3v) is 3.86. The number of benzene rings is 1. The summed E-state index contributed by atoms with van der Waals surface area (Å²) in [5, 5.41) is 13.9. The predicted molar refractivity (Wildman–Crippen MR) is 82.6 cm³/mol. The molecule has 5 nitrogen and oxygen atoms in total. The number of nitrogens with zero attached hydrogens (tertiary/aromatic N) is 2. The summed E-state index contributed by atoms with van der Waals surface area (Å²) in [6, 6.07) is 7.55. The first-order valence-electron chi connectivity index (χ1n) is 6.82. The molecule has 0 saturated carbocycles. The zero-order valence-corrected chi connectivity index (χ0v) is 12.6. The van der Waals surface area contributed by atoms with Gasteiger partial charge < -0.3 is 10.2 Å². The van der Waals surface area contributed by atoms with Gasteiger partial charge in [-0.1, -0.05) is 12.1 Å². The molecule has 0 amide bonds. The monoisotopic (exact) mass is 299 g/mol. The number of rotatable bonds is 5. The van der Waals surface area contributed by atoms with Gasteiger partial charge in [-0.3, -0.25) is 10.1 Å². The molecule has 0 radical (unpaired) electrons. The van der Waals surface area contributed by atoms with E-state index in [4.69, 9.17) is 0 Å². The molecule has 112 valence electrons. The first-order chi connectivity index (χ1) is 9.19. The van der Waals surface area contributed by atoms with Gasteiger partial charge in [0.1, 0.15) is 0 Å². The van der Waals surface area contributed by atoms with E-state index in [0.29, 0.717) is 6.04 Å². The van der Waals surface area contributed by atoms with Crippen LogP contribution in [0.5, 0.6) is 0 Å². The van der Waals surface area contributed by atoms with Crippen molar-refractivity contribution < 1.29 is 4.92 Å². The lowest BCUT2D eigenvalue weighted by Crippen LogP contribution is -2.41. The molecule has 6 heteroatoms. The second-order valence-corrected chi connectivity index (χ2v) is 5.08. The van der Waals surface area contributed by atoms with Gasteiger partial charge in [-0.2, -0.15) is 0 Å². The third-order valence-electron chi connectivity index (χ3n) is 3.86. The standard InChI is InChI=1S/C14H21N3O2.ClH/c1-15-13-7-10-16(11-8-13)9-6-12-2-4-14(5-3-12)17(18)19;/h2-5,13,15H,6-11H2,1H3;1H. The van der Waals surface area contributed by atoms with Gasteiger partial charge in [-0.05, 0) is 45.0 Å². The fourth-order valence-corrected chi connectivity index (χ4v) is 2.52. The van der Waals surface area contributed by atoms with Gasteiger partial charge in [0.2, 0.25) is 0 Å². The van der Waals surface area contributed by atoms with Crippen molar-refractivity contribution in [3.63, 3.8) is 0 Å². The van der Waals surface area contributed by atoms with E-state index < -0.39 is 0 Å². The van der Waals surface area contributed by atoms with Crippen LogP contribution in [0.15, 0.2) is 24.3 Å². The van der Waals surface area contributed by atoms with Crippen molar-refractivity contribution in [1.82, 2.24) is 10.2 Å². The Morgan fingerprint density at radius 1 is 1.30 bits per heavy atom. The first kappa shape index (κ1) is 16.9. The Bertz CT molecular complexity index is 417. The lowest BCUT2D eigenvalue weighted by molar-refractivity contribution is -0.384. The van der Waals surface area contributed by atoms with Crippen LogP contribution in [0.3, 0.4) is 0 Å². The van der Waals surface area contributed by atoms with E-state index in [1.165, 1.54) is 18.4 Å². The number of hydrogen-bond donors (Lipinski definition) is 1. The van der Waals surface area contributed by atoms with Gasteiger partial charge in [0.15, 0.2) is 0 Å². The molecule has 0 atom stereocenters. The van der Waals surface area contributed by atoms with E-state index in [9.17, 15) is 10.1 Å². The molecule has 1 saturated heterocycles. The molecule has 20 heavy (non-hydrogen) atoms. The number of halogens is 1. The minimum Gasteiger partial charge on any atom is -0.317 e. The Labute approximate surface area is 125 Å². The normalized spacial score (nSPS) is 16.6. The molecule has 0 bridgehead atoms. The summed E-state index contributed by atoms with van der Waals surface area (Å²) >= 11 is 0. The lowest BCUT2D eigenvalue weighted by atomic mass is 10.0. The summed E-state index contributed by atoms with van der Waals surface area (Å²) < 4.78 is 0. The Hall–Kier alpha value is -1.17. The molecule has 0 aliphatic carbocycles. The van der Waals surface area contributed by atoms with Crippen molar-refractivity contribution in [2.45, 2.75) is 25.3 Å². The quantitative estimate of drug-likeness (QED) is 0.669. The third kappa shape index (κ3) is 4.74. The Kier molecular flexibility index (Phi) is 6.91. The highest BCUT2D eigenvalue weighted by atomic mass is 35.5. The zero-order chi connectivity index (χ0) is 13.7. The van der Waals surface area contributed by atoms with Crippen LogP contribution in [-0.4, -0.2) is 42.5 Å². The van der Waals surface area contributed by atoms with Crippen molar-refractivity contribution in [1.29, 1.82) is 0 Å². The molecule has 0 spiro atoms. The number of non-ortho nitro benzene ring substituents is 1. The van der Waals surface area contributed by atoms with Gasteiger partial charge in [0.05, 0.1) is 4.92 Å². The van der Waals surface area contributed by atoms with Crippen LogP contribution >= 0.6 is 12.4 Å². The smallest absolute Gasteiger partial charge is 0.269 e. The summed E-state index contributed by atoms with van der Waals surface area (Å²) in [5.41, 5.74) is 1.33. The van der Waals surface area contributed by atoms with Gasteiger partial charge in [0, 0.05) is 24.7 Å². The van der Waals surface area contributed by atoms with Gasteiger partial charge in [-0.15, -0.1) is 12.4 Å². The molecule has 0 aromatic heterocycles. The predicted octanol–water partition coefficient (Wildman–Crippen LogP) is 2.24. The number of piperidine rings is 1. The number of nitrogens with one attached hydrogen (secondary N) is 1. The Morgan fingerprint density at radius 3 is 2.40 bits per heavy atom. The molecular weight excluding hydrogens is 278 g/mol. The van der Waals surface area contributed by atoms with Crippen LogP contribution in [0, 0.1) is 10.1 Å². The number of likely N-dealkylation sites (tertiary alicyclic amines) is 1. The average Bonchev–Trinajstić information content (AvgIpc) is 2.46. The maximum Gasteiger partial charge on any atom is 0.269 e. The molecule has 1 aliphatic heterocycles. The van der Waals surface area contributed by atoms with Gasteiger partial charge in [-0.25, -0.2) is 0 Å². The van der Waals surface area contributed by atoms with E-state index in [0.717, 1.165) is 26.1 Å². The average molecular weight is 300 g/mol. The molecule has 1 aromatic carbocycles. The first-order valence-corrected chi connectivity index (χ1v) is 6.82. The summed E-state index contributed by atoms with van der Waals surface area (Å²) in [6.45, 7) is 3.31. The molecule has 1 N–H and O–H groups in total. The van der Waals surface area contributed by atoms with E-state index in [1.54, 1.807) is 12.1 Å². The van der Waals surface area contributed by atoms with Crippen LogP contribution in [0.2, 0.25) is 0 Å². The highest BCUT2D eigenvalue weighted by molar-refractivity contribution is 5.85. The minimum absolute atomic E-state index is 0. The van der Waals surface area contributed by atoms with Crippen LogP contribution in [0.25, 0.3) is 0 Å². The molecule has 1 aliphatic rings. The van der Waals surface area contributed by atoms with Crippen LogP contribution in [-0.2, 0) is 6.42 Å². The number of hydrogen-bond acceptors (Lipinski definition) is 4. The topological polar surface area (TPSA) is 58.4 Å². The maximum atomic E-state index is 10.6. The maximum absolute atomic E-state index is 10.6. The minimum atomic E-state index is -0.355. The fraction of sp³-hybridized carbons (Fsp3) is 0.571. The molecular formula is C14H22ClN3O2. The van der Waals surface area contributed by atoms with Crippen molar-refractivity contribution >= 4 is 18.1 Å². The van der Waals surface area contributed by atoms with Crippen molar-refractivity contribution in [2.75, 3.05) is 26.7 Å². The van der Waals surface area contributed by atoms with Gasteiger partial charge >= 0.3 is 0 Å². The molecule has 1 aromatic rings. The van der Waals surface area contributed by atoms with E-state index in [-0.39, 0.29) is 23.0 Å². The lowest BCUT2D eigenvalue weighted by Gasteiger charge is -2.31. The van der Waals surface area contributed by atoms with E-state index in [1.807, 2.05) is 19.2 Å². The van der Waals surface area contributed by atoms with Crippen LogP contribution < -0.4 is 5.32 Å². The summed E-state index contributed by atoms with van der Waals surface area (Å²) in [4.78, 5) is 12.7. The SMILES string of the molecule is CNC1CCN(CCc2ccc([N+](=O)[O-])cc2)CC1.Cl. The largest absolute Gasteiger partial charge is 0.317 e. The molecule has 2 rings (SSSR count). The van der Waals surface area contributed by atoms with E-state index in [2.05, 4.69) is 10.2 Å². The molecule has 1 fully saturated rings. The molecule has 0 unspecified atom stereocenters. The van der Waals surface area contributed by atoms with E-state index >= 15 is 0 Å². The van der Waals surface area contributed by atoms with Gasteiger partial charge in [0.25, 0.3) is 5.69 Å². The second-order valence-electron chi connectivity index (χ2n) is 5.08. The summed E-state index contributed by atoms with van der Waals surface area (Å²) in [7, 11) is 2.03. The van der Waals surface area contributed by atoms with Crippen molar-refractivity contribution in [2.24, 2.45) is 0 Å². The Balaban J connectivity index is 0.00000200. The summed E-state index contributed by atoms with van der Waals surface area (Å²) in [5.74, 6) is 0. The highest BCUT2D eigenvalue weighted by Gasteiger charge is 2.17. The highest BCUT2D eigenvalue weighted by Crippen LogP contribution is 2.14.